The van der Waals surface area contributed by atoms with E-state index in [9.17, 15) is 18.0 Å². The number of hydrogen-bond acceptors (Lipinski definition) is 3. The normalized spacial score (nSPS) is 11.9. The fourth-order valence-corrected chi connectivity index (χ4v) is 1.72. The molecule has 0 aliphatic heterocycles. The van der Waals surface area contributed by atoms with E-state index in [1.165, 1.54) is 0 Å². The van der Waals surface area contributed by atoms with Gasteiger partial charge in [0.25, 0.3) is 5.91 Å². The number of carbonyl (C=O) groups is 1. The second kappa shape index (κ2) is 9.64. The van der Waals surface area contributed by atoms with Gasteiger partial charge in [-0.15, -0.1) is 0 Å². The quantitative estimate of drug-likeness (QED) is 0.492. The van der Waals surface area contributed by atoms with Crippen LogP contribution in [0.5, 0.6) is 5.75 Å². The van der Waals surface area contributed by atoms with Gasteiger partial charge in [-0.05, 0) is 24.6 Å². The highest BCUT2D eigenvalue weighted by Crippen LogP contribution is 2.18. The van der Waals surface area contributed by atoms with Crippen LogP contribution in [0.4, 0.5) is 13.2 Å². The van der Waals surface area contributed by atoms with Crippen LogP contribution in [-0.2, 0) is 11.3 Å². The van der Waals surface area contributed by atoms with Gasteiger partial charge in [-0.25, -0.2) is 4.99 Å². The Bertz CT molecular complexity index is 562. The summed E-state index contributed by atoms with van der Waals surface area (Å²) in [6.45, 7) is 2.11. The zero-order chi connectivity index (χ0) is 18.0. The number of carbonyl (C=O) groups excluding carboxylic acids is 1. The molecular weight excluding hydrogens is 325 g/mol. The van der Waals surface area contributed by atoms with E-state index < -0.39 is 18.5 Å². The number of amides is 1. The van der Waals surface area contributed by atoms with Crippen LogP contribution in [0, 0.1) is 0 Å². The number of halogens is 3. The molecule has 9 heteroatoms. The van der Waals surface area contributed by atoms with E-state index in [1.807, 2.05) is 6.92 Å². The van der Waals surface area contributed by atoms with Gasteiger partial charge >= 0.3 is 6.18 Å². The molecule has 0 spiro atoms. The van der Waals surface area contributed by atoms with Crippen molar-refractivity contribution in [1.29, 1.82) is 0 Å². The number of alkyl halides is 3. The molecule has 24 heavy (non-hydrogen) atoms. The monoisotopic (exact) mass is 346 g/mol. The minimum atomic E-state index is -4.21. The number of rotatable bonds is 8. The Balaban J connectivity index is 2.61. The molecule has 0 aliphatic carbocycles. The highest BCUT2D eigenvalue weighted by Gasteiger charge is 2.26. The van der Waals surface area contributed by atoms with E-state index in [1.54, 1.807) is 24.3 Å². The average molecular weight is 346 g/mol. The number of guanidine groups is 1. The van der Waals surface area contributed by atoms with E-state index in [0.717, 1.165) is 5.56 Å². The standard InChI is InChI=1S/C15H21F3N4O2/c1-2-20-14(21-7-6-15(16,17)18)22-9-11-4-3-5-12(8-11)24-10-13(19)23/h3-5,8H,2,6-7,9-10H2,1H3,(H2,19,23)(H2,20,21,22). The zero-order valence-electron chi connectivity index (χ0n) is 13.3. The lowest BCUT2D eigenvalue weighted by atomic mass is 10.2. The lowest BCUT2D eigenvalue weighted by Gasteiger charge is -2.12. The highest BCUT2D eigenvalue weighted by molar-refractivity contribution is 5.79. The first-order chi connectivity index (χ1) is 11.3. The number of hydrogen-bond donors (Lipinski definition) is 3. The van der Waals surface area contributed by atoms with Crippen LogP contribution >= 0.6 is 0 Å². The van der Waals surface area contributed by atoms with Crippen molar-refractivity contribution in [1.82, 2.24) is 10.6 Å². The van der Waals surface area contributed by atoms with Crippen molar-refractivity contribution >= 4 is 11.9 Å². The summed E-state index contributed by atoms with van der Waals surface area (Å²) in [5, 5.41) is 5.50. The molecule has 0 radical (unpaired) electrons. The molecule has 134 valence electrons. The van der Waals surface area contributed by atoms with E-state index in [-0.39, 0.29) is 19.7 Å². The van der Waals surface area contributed by atoms with Crippen molar-refractivity contribution in [3.8, 4) is 5.75 Å². The summed E-state index contributed by atoms with van der Waals surface area (Å²) in [5.41, 5.74) is 5.79. The average Bonchev–Trinajstić information content (AvgIpc) is 2.50. The number of aliphatic imine (C=N–C) groups is 1. The van der Waals surface area contributed by atoms with Gasteiger partial charge in [0, 0.05) is 13.1 Å². The number of nitrogens with zero attached hydrogens (tertiary/aromatic N) is 1. The van der Waals surface area contributed by atoms with Gasteiger partial charge in [-0.1, -0.05) is 12.1 Å². The van der Waals surface area contributed by atoms with E-state index >= 15 is 0 Å². The van der Waals surface area contributed by atoms with Gasteiger partial charge in [0.2, 0.25) is 0 Å². The summed E-state index contributed by atoms with van der Waals surface area (Å²) in [4.78, 5) is 14.9. The zero-order valence-corrected chi connectivity index (χ0v) is 13.3. The van der Waals surface area contributed by atoms with Crippen LogP contribution < -0.4 is 21.1 Å². The Kier molecular flexibility index (Phi) is 7.87. The topological polar surface area (TPSA) is 88.7 Å². The molecule has 0 atom stereocenters. The predicted molar refractivity (Wildman–Crippen MR) is 84.6 cm³/mol. The van der Waals surface area contributed by atoms with Crippen LogP contribution in [0.2, 0.25) is 0 Å². The third-order valence-electron chi connectivity index (χ3n) is 2.74. The number of nitrogens with two attached hydrogens (primary N) is 1. The lowest BCUT2D eigenvalue weighted by molar-refractivity contribution is -0.132. The second-order valence-electron chi connectivity index (χ2n) is 4.89. The first kappa shape index (κ1) is 19.6. The summed E-state index contributed by atoms with van der Waals surface area (Å²) in [7, 11) is 0. The molecule has 0 saturated heterocycles. The van der Waals surface area contributed by atoms with E-state index in [2.05, 4.69) is 15.6 Å². The maximum atomic E-state index is 12.2. The summed E-state index contributed by atoms with van der Waals surface area (Å²) in [6, 6.07) is 6.87. The summed E-state index contributed by atoms with van der Waals surface area (Å²) < 4.78 is 41.7. The second-order valence-corrected chi connectivity index (χ2v) is 4.89. The van der Waals surface area contributed by atoms with Crippen LogP contribution in [0.3, 0.4) is 0 Å². The van der Waals surface area contributed by atoms with Crippen LogP contribution in [0.15, 0.2) is 29.3 Å². The van der Waals surface area contributed by atoms with E-state index in [0.29, 0.717) is 18.3 Å². The van der Waals surface area contributed by atoms with Crippen LogP contribution in [0.25, 0.3) is 0 Å². The SMILES string of the molecule is CCNC(=NCc1cccc(OCC(N)=O)c1)NCCC(F)(F)F. The molecule has 0 bridgehead atoms. The van der Waals surface area contributed by atoms with Gasteiger partial charge in [-0.3, -0.25) is 4.79 Å². The molecule has 0 aliphatic rings. The number of benzene rings is 1. The lowest BCUT2D eigenvalue weighted by Crippen LogP contribution is -2.38. The molecule has 1 rings (SSSR count). The maximum Gasteiger partial charge on any atom is 0.390 e. The Labute approximate surface area is 138 Å². The molecule has 1 aromatic carbocycles. The van der Waals surface area contributed by atoms with Crippen molar-refractivity contribution in [3.63, 3.8) is 0 Å². The first-order valence-electron chi connectivity index (χ1n) is 7.39. The number of primary amides is 1. The minimum Gasteiger partial charge on any atom is -0.484 e. The van der Waals surface area contributed by atoms with Gasteiger partial charge < -0.3 is 21.1 Å². The summed E-state index contributed by atoms with van der Waals surface area (Å²) in [5.74, 6) is 0.184. The van der Waals surface area contributed by atoms with Gasteiger partial charge in [-0.2, -0.15) is 13.2 Å². The largest absolute Gasteiger partial charge is 0.484 e. The van der Waals surface area contributed by atoms with Crippen LogP contribution in [-0.4, -0.2) is 37.7 Å². The molecule has 4 N–H and O–H groups in total. The molecule has 0 unspecified atom stereocenters. The Morgan fingerprint density at radius 2 is 2.08 bits per heavy atom. The molecule has 6 nitrogen and oxygen atoms in total. The van der Waals surface area contributed by atoms with Crippen molar-refractivity contribution in [3.05, 3.63) is 29.8 Å². The molecule has 1 aromatic rings. The Morgan fingerprint density at radius 3 is 2.71 bits per heavy atom. The highest BCUT2D eigenvalue weighted by atomic mass is 19.4. The van der Waals surface area contributed by atoms with Gasteiger partial charge in [0.1, 0.15) is 5.75 Å². The maximum absolute atomic E-state index is 12.2. The fraction of sp³-hybridized carbons (Fsp3) is 0.467. The van der Waals surface area contributed by atoms with Gasteiger partial charge in [0.15, 0.2) is 12.6 Å². The van der Waals surface area contributed by atoms with Crippen molar-refractivity contribution in [2.45, 2.75) is 26.1 Å². The van der Waals surface area contributed by atoms with E-state index in [4.69, 9.17) is 10.5 Å². The minimum absolute atomic E-state index is 0.228. The predicted octanol–water partition coefficient (Wildman–Crippen LogP) is 1.56. The van der Waals surface area contributed by atoms with Crippen molar-refractivity contribution in [2.75, 3.05) is 19.7 Å². The first-order valence-corrected chi connectivity index (χ1v) is 7.39. The molecule has 0 aromatic heterocycles. The Hall–Kier alpha value is -2.45. The summed E-state index contributed by atoms with van der Waals surface area (Å²) in [6.07, 6.45) is -5.15. The molecule has 0 fully saturated rings. The van der Waals surface area contributed by atoms with Crippen LogP contribution in [0.1, 0.15) is 18.9 Å². The van der Waals surface area contributed by atoms with Gasteiger partial charge in [0.05, 0.1) is 13.0 Å². The van der Waals surface area contributed by atoms with Crippen molar-refractivity contribution < 1.29 is 22.7 Å². The number of nitrogens with one attached hydrogen (secondary N) is 2. The summed E-state index contributed by atoms with van der Waals surface area (Å²) >= 11 is 0. The third-order valence-corrected chi connectivity index (χ3v) is 2.74. The smallest absolute Gasteiger partial charge is 0.390 e. The molecule has 1 amide bonds. The molecule has 0 saturated carbocycles. The molecule has 0 heterocycles. The Morgan fingerprint density at radius 1 is 1.33 bits per heavy atom. The third kappa shape index (κ3) is 8.86. The fourth-order valence-electron chi connectivity index (χ4n) is 1.72. The molecular formula is C15H21F3N4O2. The van der Waals surface area contributed by atoms with Crippen molar-refractivity contribution in [2.24, 2.45) is 10.7 Å². The number of ether oxygens (including phenoxy) is 1.